The highest BCUT2D eigenvalue weighted by atomic mass is 35.5. The minimum absolute atomic E-state index is 0.272. The van der Waals surface area contributed by atoms with E-state index in [0.717, 1.165) is 16.3 Å². The number of phenols is 1. The lowest BCUT2D eigenvalue weighted by Crippen LogP contribution is -1.98. The van der Waals surface area contributed by atoms with Gasteiger partial charge in [-0.15, -0.1) is 0 Å². The molecule has 0 spiro atoms. The summed E-state index contributed by atoms with van der Waals surface area (Å²) in [5.74, 6) is 0.272. The quantitative estimate of drug-likeness (QED) is 0.793. The molecule has 82 valence electrons. The number of nitrogens with one attached hydrogen (secondary N) is 1. The van der Waals surface area contributed by atoms with Crippen molar-refractivity contribution in [3.8, 4) is 5.75 Å². The van der Waals surface area contributed by atoms with E-state index >= 15 is 0 Å². The number of hydrogen-bond acceptors (Lipinski definition) is 2. The Morgan fingerprint density at radius 3 is 2.50 bits per heavy atom. The van der Waals surface area contributed by atoms with Crippen LogP contribution in [0.1, 0.15) is 5.56 Å². The van der Waals surface area contributed by atoms with E-state index in [1.807, 2.05) is 36.4 Å². The van der Waals surface area contributed by atoms with Crippen molar-refractivity contribution in [1.82, 2.24) is 0 Å². The fourth-order valence-corrected chi connectivity index (χ4v) is 1.64. The number of halogens is 1. The van der Waals surface area contributed by atoms with Crippen LogP contribution in [0, 0.1) is 0 Å². The lowest BCUT2D eigenvalue weighted by atomic mass is 10.2. The fraction of sp³-hybridized carbons (Fsp3) is 0.0769. The average molecular weight is 234 g/mol. The second-order valence-electron chi connectivity index (χ2n) is 3.53. The number of aromatic hydroxyl groups is 1. The summed E-state index contributed by atoms with van der Waals surface area (Å²) in [6.45, 7) is 0.714. The topological polar surface area (TPSA) is 32.3 Å². The Balaban J connectivity index is 1.99. The molecular weight excluding hydrogens is 222 g/mol. The lowest BCUT2D eigenvalue weighted by Gasteiger charge is -2.06. The minimum atomic E-state index is 0.272. The Hall–Kier alpha value is -1.67. The van der Waals surface area contributed by atoms with Gasteiger partial charge >= 0.3 is 0 Å². The third kappa shape index (κ3) is 2.91. The molecule has 0 amide bonds. The lowest BCUT2D eigenvalue weighted by molar-refractivity contribution is 0.475. The van der Waals surface area contributed by atoms with Crippen LogP contribution in [0.3, 0.4) is 0 Å². The van der Waals surface area contributed by atoms with Gasteiger partial charge in [-0.1, -0.05) is 23.7 Å². The Bertz CT molecular complexity index is 468. The van der Waals surface area contributed by atoms with Crippen molar-refractivity contribution in [3.63, 3.8) is 0 Å². The largest absolute Gasteiger partial charge is 0.508 e. The number of hydrogen-bond donors (Lipinski definition) is 2. The summed E-state index contributed by atoms with van der Waals surface area (Å²) in [5, 5.41) is 13.1. The third-order valence-corrected chi connectivity index (χ3v) is 2.49. The van der Waals surface area contributed by atoms with Gasteiger partial charge in [0.05, 0.1) is 0 Å². The van der Waals surface area contributed by atoms with Crippen molar-refractivity contribution in [2.45, 2.75) is 6.54 Å². The van der Waals surface area contributed by atoms with E-state index in [2.05, 4.69) is 5.32 Å². The monoisotopic (exact) mass is 233 g/mol. The number of phenolic OH excluding ortho intramolecular Hbond substituents is 1. The summed E-state index contributed by atoms with van der Waals surface area (Å²) < 4.78 is 0. The van der Waals surface area contributed by atoms with Crippen LogP contribution in [-0.4, -0.2) is 5.11 Å². The van der Waals surface area contributed by atoms with Gasteiger partial charge < -0.3 is 10.4 Å². The van der Waals surface area contributed by atoms with Gasteiger partial charge in [0.2, 0.25) is 0 Å². The standard InChI is InChI=1S/C13H12ClNO/c14-11-3-1-2-10(8-11)9-15-12-4-6-13(16)7-5-12/h1-8,15-16H,9H2. The maximum Gasteiger partial charge on any atom is 0.115 e. The first-order valence-corrected chi connectivity index (χ1v) is 5.39. The minimum Gasteiger partial charge on any atom is -0.508 e. The molecule has 2 aromatic rings. The maximum absolute atomic E-state index is 9.13. The van der Waals surface area contributed by atoms with Gasteiger partial charge in [-0.3, -0.25) is 0 Å². The highest BCUT2D eigenvalue weighted by Gasteiger charge is 1.95. The van der Waals surface area contributed by atoms with E-state index in [1.54, 1.807) is 12.1 Å². The number of anilines is 1. The smallest absolute Gasteiger partial charge is 0.115 e. The van der Waals surface area contributed by atoms with Gasteiger partial charge in [0.25, 0.3) is 0 Å². The Morgan fingerprint density at radius 2 is 1.81 bits per heavy atom. The van der Waals surface area contributed by atoms with E-state index in [9.17, 15) is 0 Å². The summed E-state index contributed by atoms with van der Waals surface area (Å²) in [6.07, 6.45) is 0. The first-order valence-electron chi connectivity index (χ1n) is 5.01. The number of rotatable bonds is 3. The maximum atomic E-state index is 9.13. The molecule has 0 aliphatic carbocycles. The Morgan fingerprint density at radius 1 is 1.06 bits per heavy atom. The summed E-state index contributed by atoms with van der Waals surface area (Å²) in [6, 6.07) is 14.7. The number of benzene rings is 2. The van der Waals surface area contributed by atoms with Gasteiger partial charge in [0.15, 0.2) is 0 Å². The van der Waals surface area contributed by atoms with Crippen LogP contribution in [0.5, 0.6) is 5.75 Å². The van der Waals surface area contributed by atoms with Crippen LogP contribution in [0.15, 0.2) is 48.5 Å². The average Bonchev–Trinajstić information content (AvgIpc) is 2.28. The molecule has 0 atom stereocenters. The first-order chi connectivity index (χ1) is 7.74. The fourth-order valence-electron chi connectivity index (χ4n) is 1.43. The molecule has 0 heterocycles. The molecule has 0 fully saturated rings. The van der Waals surface area contributed by atoms with Crippen LogP contribution in [0.2, 0.25) is 5.02 Å². The molecule has 2 N–H and O–H groups in total. The summed E-state index contributed by atoms with van der Waals surface area (Å²) in [4.78, 5) is 0. The van der Waals surface area contributed by atoms with Crippen LogP contribution >= 0.6 is 11.6 Å². The van der Waals surface area contributed by atoms with Crippen molar-refractivity contribution in [1.29, 1.82) is 0 Å². The van der Waals surface area contributed by atoms with E-state index < -0.39 is 0 Å². The van der Waals surface area contributed by atoms with Crippen LogP contribution < -0.4 is 5.32 Å². The van der Waals surface area contributed by atoms with Crippen molar-refractivity contribution >= 4 is 17.3 Å². The highest BCUT2D eigenvalue weighted by Crippen LogP contribution is 2.16. The normalized spacial score (nSPS) is 10.1. The molecular formula is C13H12ClNO. The molecule has 0 unspecified atom stereocenters. The summed E-state index contributed by atoms with van der Waals surface area (Å²) in [7, 11) is 0. The van der Waals surface area contributed by atoms with Crippen LogP contribution in [-0.2, 0) is 6.54 Å². The van der Waals surface area contributed by atoms with Gasteiger partial charge in [-0.05, 0) is 42.0 Å². The third-order valence-electron chi connectivity index (χ3n) is 2.25. The van der Waals surface area contributed by atoms with E-state index in [-0.39, 0.29) is 5.75 Å². The van der Waals surface area contributed by atoms with E-state index in [4.69, 9.17) is 16.7 Å². The Kier molecular flexibility index (Phi) is 3.32. The second kappa shape index (κ2) is 4.90. The molecule has 0 saturated carbocycles. The van der Waals surface area contributed by atoms with Crippen LogP contribution in [0.25, 0.3) is 0 Å². The van der Waals surface area contributed by atoms with Gasteiger partial charge in [0.1, 0.15) is 5.75 Å². The molecule has 2 nitrogen and oxygen atoms in total. The zero-order chi connectivity index (χ0) is 11.4. The molecule has 3 heteroatoms. The Labute approximate surface area is 99.5 Å². The van der Waals surface area contributed by atoms with Crippen molar-refractivity contribution in [3.05, 3.63) is 59.1 Å². The first kappa shape index (κ1) is 10.8. The van der Waals surface area contributed by atoms with Gasteiger partial charge in [-0.2, -0.15) is 0 Å². The predicted molar refractivity (Wildman–Crippen MR) is 66.9 cm³/mol. The molecule has 0 aliphatic rings. The molecule has 2 aromatic carbocycles. The van der Waals surface area contributed by atoms with Crippen molar-refractivity contribution < 1.29 is 5.11 Å². The van der Waals surface area contributed by atoms with E-state index in [1.165, 1.54) is 0 Å². The second-order valence-corrected chi connectivity index (χ2v) is 3.97. The van der Waals surface area contributed by atoms with E-state index in [0.29, 0.717) is 6.54 Å². The van der Waals surface area contributed by atoms with Crippen molar-refractivity contribution in [2.24, 2.45) is 0 Å². The molecule has 0 bridgehead atoms. The zero-order valence-electron chi connectivity index (χ0n) is 8.65. The molecule has 0 radical (unpaired) electrons. The molecule has 2 rings (SSSR count). The SMILES string of the molecule is Oc1ccc(NCc2cccc(Cl)c2)cc1. The van der Waals surface area contributed by atoms with Gasteiger partial charge in [0, 0.05) is 17.3 Å². The molecule has 16 heavy (non-hydrogen) atoms. The van der Waals surface area contributed by atoms with Gasteiger partial charge in [-0.25, -0.2) is 0 Å². The molecule has 0 aliphatic heterocycles. The van der Waals surface area contributed by atoms with Crippen molar-refractivity contribution in [2.75, 3.05) is 5.32 Å². The summed E-state index contributed by atoms with van der Waals surface area (Å²) in [5.41, 5.74) is 2.10. The highest BCUT2D eigenvalue weighted by molar-refractivity contribution is 6.30. The molecule has 0 saturated heterocycles. The molecule has 0 aromatic heterocycles. The predicted octanol–water partition coefficient (Wildman–Crippen LogP) is 3.66. The van der Waals surface area contributed by atoms with Crippen LogP contribution in [0.4, 0.5) is 5.69 Å². The summed E-state index contributed by atoms with van der Waals surface area (Å²) >= 11 is 5.89. The zero-order valence-corrected chi connectivity index (χ0v) is 9.41.